The fourth-order valence-electron chi connectivity index (χ4n) is 0.782. The number of nitrogens with two attached hydrogens (primary N) is 1. The van der Waals surface area contributed by atoms with Crippen LogP contribution < -0.4 is 5.73 Å². The van der Waals surface area contributed by atoms with Crippen LogP contribution in [0.3, 0.4) is 0 Å². The first-order valence-electron chi connectivity index (χ1n) is 3.75. The van der Waals surface area contributed by atoms with Gasteiger partial charge in [0, 0.05) is 17.3 Å². The molecule has 0 saturated heterocycles. The van der Waals surface area contributed by atoms with Gasteiger partial charge in [0.15, 0.2) is 4.34 Å². The Kier molecular flexibility index (Phi) is 2.94. The van der Waals surface area contributed by atoms with Gasteiger partial charge in [-0.2, -0.15) is 0 Å². The maximum Gasteiger partial charge on any atom is 0.174 e. The fourth-order valence-corrected chi connectivity index (χ4v) is 3.08. The van der Waals surface area contributed by atoms with Crippen LogP contribution in [-0.2, 0) is 5.75 Å². The van der Waals surface area contributed by atoms with Crippen molar-refractivity contribution >= 4 is 39.6 Å². The van der Waals surface area contributed by atoms with Crippen molar-refractivity contribution in [2.45, 2.75) is 17.0 Å². The molecule has 0 aliphatic heterocycles. The van der Waals surface area contributed by atoms with E-state index < -0.39 is 0 Å². The first-order chi connectivity index (χ1) is 6.75. The number of rotatable bonds is 3. The van der Waals surface area contributed by atoms with Gasteiger partial charge in [0.05, 0.1) is 0 Å². The molecule has 0 unspecified atom stereocenters. The van der Waals surface area contributed by atoms with Crippen molar-refractivity contribution in [3.63, 3.8) is 0 Å². The monoisotopic (exact) mass is 245 g/mol. The molecule has 74 valence electrons. The summed E-state index contributed by atoms with van der Waals surface area (Å²) in [6, 6.07) is 0. The molecule has 2 N–H and O–H groups in total. The highest BCUT2D eigenvalue weighted by atomic mass is 32.2. The Balaban J connectivity index is 1.98. The lowest BCUT2D eigenvalue weighted by atomic mass is 10.5. The van der Waals surface area contributed by atoms with E-state index in [-0.39, 0.29) is 0 Å². The lowest BCUT2D eigenvalue weighted by Gasteiger charge is -1.92. The van der Waals surface area contributed by atoms with E-state index in [0.29, 0.717) is 10.8 Å². The lowest BCUT2D eigenvalue weighted by molar-refractivity contribution is 0.982. The molecule has 0 bridgehead atoms. The lowest BCUT2D eigenvalue weighted by Crippen LogP contribution is -1.88. The maximum atomic E-state index is 5.66. The van der Waals surface area contributed by atoms with Crippen molar-refractivity contribution in [1.82, 2.24) is 19.8 Å². The number of aryl methyl sites for hydroxylation is 1. The van der Waals surface area contributed by atoms with Crippen LogP contribution in [0.25, 0.3) is 0 Å². The second kappa shape index (κ2) is 4.20. The molecular weight excluding hydrogens is 238 g/mol. The summed E-state index contributed by atoms with van der Waals surface area (Å²) < 4.78 is 4.70. The molecule has 0 saturated carbocycles. The molecule has 0 aliphatic rings. The minimum absolute atomic E-state index is 0.679. The Labute approximate surface area is 92.9 Å². The van der Waals surface area contributed by atoms with Crippen molar-refractivity contribution < 1.29 is 0 Å². The van der Waals surface area contributed by atoms with Crippen LogP contribution in [0.4, 0.5) is 5.00 Å². The van der Waals surface area contributed by atoms with Crippen LogP contribution in [0.2, 0.25) is 0 Å². The molecule has 0 aliphatic carbocycles. The topological polar surface area (TPSA) is 77.6 Å². The smallest absolute Gasteiger partial charge is 0.174 e. The third-order valence-electron chi connectivity index (χ3n) is 1.42. The second-order valence-electron chi connectivity index (χ2n) is 2.46. The van der Waals surface area contributed by atoms with E-state index in [9.17, 15) is 0 Å². The highest BCUT2D eigenvalue weighted by molar-refractivity contribution is 8.00. The third kappa shape index (κ3) is 2.20. The quantitative estimate of drug-likeness (QED) is 0.827. The van der Waals surface area contributed by atoms with Crippen LogP contribution in [0.5, 0.6) is 0 Å². The first-order valence-corrected chi connectivity index (χ1v) is 6.33. The SMILES string of the molecule is Cc1nnc(SCc2nnsc2N)s1. The molecule has 2 rings (SSSR count). The van der Waals surface area contributed by atoms with Gasteiger partial charge in [0.1, 0.15) is 15.7 Å². The summed E-state index contributed by atoms with van der Waals surface area (Å²) in [7, 11) is 0. The Morgan fingerprint density at radius 2 is 2.21 bits per heavy atom. The molecular formula is C6H7N5S3. The van der Waals surface area contributed by atoms with Crippen molar-refractivity contribution in [3.8, 4) is 0 Å². The van der Waals surface area contributed by atoms with Gasteiger partial charge >= 0.3 is 0 Å². The van der Waals surface area contributed by atoms with Crippen molar-refractivity contribution in [1.29, 1.82) is 0 Å². The normalized spacial score (nSPS) is 10.6. The molecule has 14 heavy (non-hydrogen) atoms. The number of nitrogens with zero attached hydrogens (tertiary/aromatic N) is 4. The average Bonchev–Trinajstić information content (AvgIpc) is 2.72. The van der Waals surface area contributed by atoms with Crippen LogP contribution in [0, 0.1) is 6.92 Å². The minimum atomic E-state index is 0.679. The minimum Gasteiger partial charge on any atom is -0.388 e. The molecule has 2 aromatic heterocycles. The first kappa shape index (κ1) is 9.81. The van der Waals surface area contributed by atoms with E-state index in [2.05, 4.69) is 19.8 Å². The summed E-state index contributed by atoms with van der Waals surface area (Å²) >= 11 is 4.37. The molecule has 5 nitrogen and oxygen atoms in total. The largest absolute Gasteiger partial charge is 0.388 e. The number of thioether (sulfide) groups is 1. The molecule has 2 aromatic rings. The van der Waals surface area contributed by atoms with Crippen molar-refractivity contribution in [2.24, 2.45) is 0 Å². The van der Waals surface area contributed by atoms with Gasteiger partial charge in [-0.15, -0.1) is 15.3 Å². The predicted octanol–water partition coefficient (Wildman–Crippen LogP) is 1.57. The summed E-state index contributed by atoms with van der Waals surface area (Å²) in [6.07, 6.45) is 0. The number of hydrogen-bond acceptors (Lipinski definition) is 8. The van der Waals surface area contributed by atoms with Gasteiger partial charge in [-0.3, -0.25) is 0 Å². The Morgan fingerprint density at radius 1 is 1.36 bits per heavy atom. The predicted molar refractivity (Wildman–Crippen MR) is 58.5 cm³/mol. The van der Waals surface area contributed by atoms with Gasteiger partial charge < -0.3 is 5.73 Å². The summed E-state index contributed by atoms with van der Waals surface area (Å²) in [4.78, 5) is 0. The molecule has 0 spiro atoms. The molecule has 8 heteroatoms. The number of nitrogen functional groups attached to an aromatic ring is 1. The molecule has 0 atom stereocenters. The zero-order valence-electron chi connectivity index (χ0n) is 7.30. The van der Waals surface area contributed by atoms with Gasteiger partial charge in [-0.1, -0.05) is 27.6 Å². The molecule has 2 heterocycles. The molecule has 0 fully saturated rings. The van der Waals surface area contributed by atoms with Gasteiger partial charge in [-0.05, 0) is 6.92 Å². The Hall–Kier alpha value is -0.730. The molecule has 0 aromatic carbocycles. The summed E-state index contributed by atoms with van der Waals surface area (Å²) in [5.74, 6) is 0.705. The van der Waals surface area contributed by atoms with E-state index in [4.69, 9.17) is 5.73 Å². The maximum absolute atomic E-state index is 5.66. The summed E-state index contributed by atoms with van der Waals surface area (Å²) in [6.45, 7) is 1.93. The van der Waals surface area contributed by atoms with Crippen LogP contribution in [0.15, 0.2) is 4.34 Å². The average molecular weight is 245 g/mol. The zero-order chi connectivity index (χ0) is 9.97. The van der Waals surface area contributed by atoms with Crippen LogP contribution in [0.1, 0.15) is 10.7 Å². The Bertz CT molecular complexity index is 423. The van der Waals surface area contributed by atoms with E-state index in [1.54, 1.807) is 23.1 Å². The number of aromatic nitrogens is 4. The number of hydrogen-bond donors (Lipinski definition) is 1. The molecule has 0 radical (unpaired) electrons. The zero-order valence-corrected chi connectivity index (χ0v) is 9.75. The highest BCUT2D eigenvalue weighted by Crippen LogP contribution is 2.27. The van der Waals surface area contributed by atoms with Crippen LogP contribution >= 0.6 is 34.6 Å². The van der Waals surface area contributed by atoms with E-state index in [1.807, 2.05) is 6.92 Å². The van der Waals surface area contributed by atoms with Gasteiger partial charge in [0.25, 0.3) is 0 Å². The standard InChI is InChI=1S/C6H7N5S3/c1-3-8-10-6(13-3)12-2-4-5(7)14-11-9-4/h2,7H2,1H3. The second-order valence-corrected chi connectivity index (χ2v) is 5.65. The molecule has 0 amide bonds. The Morgan fingerprint density at radius 3 is 2.79 bits per heavy atom. The summed E-state index contributed by atoms with van der Waals surface area (Å²) in [5.41, 5.74) is 6.48. The van der Waals surface area contributed by atoms with E-state index >= 15 is 0 Å². The van der Waals surface area contributed by atoms with E-state index in [1.165, 1.54) is 11.5 Å². The van der Waals surface area contributed by atoms with Crippen molar-refractivity contribution in [2.75, 3.05) is 5.73 Å². The van der Waals surface area contributed by atoms with Gasteiger partial charge in [-0.25, -0.2) is 0 Å². The van der Waals surface area contributed by atoms with E-state index in [0.717, 1.165) is 15.0 Å². The van der Waals surface area contributed by atoms with Crippen LogP contribution in [-0.4, -0.2) is 19.8 Å². The van der Waals surface area contributed by atoms with Gasteiger partial charge in [0.2, 0.25) is 0 Å². The fraction of sp³-hybridized carbons (Fsp3) is 0.333. The highest BCUT2D eigenvalue weighted by Gasteiger charge is 2.07. The third-order valence-corrected chi connectivity index (χ3v) is 4.00. The number of anilines is 1. The summed E-state index contributed by atoms with van der Waals surface area (Å²) in [5, 5.41) is 13.5. The van der Waals surface area contributed by atoms with Crippen molar-refractivity contribution in [3.05, 3.63) is 10.7 Å².